The molecule has 21 heteroatoms. The number of aliphatic hydroxyl groups excluding tert-OH is 12. The maximum atomic E-state index is 11.4. The van der Waals surface area contributed by atoms with Crippen LogP contribution in [0, 0.1) is 0 Å². The molecule has 18 atom stereocenters. The Bertz CT molecular complexity index is 1070. The Morgan fingerprint density at radius 1 is 0.545 bits per heavy atom. The van der Waals surface area contributed by atoms with Crippen LogP contribution < -0.4 is 0 Å². The molecule has 4 aliphatic rings. The molecule has 324 valence electrons. The van der Waals surface area contributed by atoms with Crippen molar-refractivity contribution in [3.8, 4) is 0 Å². The van der Waals surface area contributed by atoms with E-state index in [0.29, 0.717) is 19.6 Å². The highest BCUT2D eigenvalue weighted by Gasteiger charge is 2.52. The van der Waals surface area contributed by atoms with Crippen LogP contribution in [0.4, 0.5) is 0 Å². The topological polar surface area (TPSA) is 320 Å². The SMILES string of the molecule is CCCCCCCN(CCO[C@H]1OC[C@@H](O)CC1O)CCO[C@H]1OC(CO[C@H]2OC(CO)[C@@H](O)C(O)C2O)[C@@H](O)C(O[C@H]2OC(CO)[C@@H](O)C(O)C2O)C1O. The molecule has 4 saturated heterocycles. The van der Waals surface area contributed by atoms with E-state index in [0.717, 1.165) is 32.1 Å². The number of hydrogen-bond acceptors (Lipinski definition) is 21. The number of hydrogen-bond donors (Lipinski definition) is 12. The highest BCUT2D eigenvalue weighted by Crippen LogP contribution is 2.31. The Balaban J connectivity index is 1.43. The molecule has 0 aromatic heterocycles. The highest BCUT2D eigenvalue weighted by atomic mass is 16.8. The van der Waals surface area contributed by atoms with E-state index in [1.54, 1.807) is 0 Å². The monoisotopic (exact) mass is 805 g/mol. The lowest BCUT2D eigenvalue weighted by atomic mass is 9.96. The Labute approximate surface area is 319 Å². The number of rotatable bonds is 21. The fourth-order valence-corrected chi connectivity index (χ4v) is 6.87. The summed E-state index contributed by atoms with van der Waals surface area (Å²) in [6.07, 6.45) is -22.0. The molecule has 12 N–H and O–H groups in total. The maximum Gasteiger partial charge on any atom is 0.187 e. The average Bonchev–Trinajstić information content (AvgIpc) is 3.17. The standard InChI is InChI=1S/C34H63NO20/c1-2-3-4-5-6-7-35(8-10-48-31-18(39)12-17(38)15-50-31)9-11-49-33-29(47)30(55-34-28(46)26(44)23(41)20(14-37)53-34)24(42)21(54-33)16-51-32-27(45)25(43)22(40)19(13-36)52-32/h17-34,36-47H,2-16H2,1H3/t17-,18?,19?,20?,21?,22+,23+,24+,25?,26?,27?,28?,29?,30?,31-,32-,33-,34+/m0/s1. The second-order valence-electron chi connectivity index (χ2n) is 14.5. The van der Waals surface area contributed by atoms with E-state index in [2.05, 4.69) is 6.92 Å². The van der Waals surface area contributed by atoms with Crippen LogP contribution >= 0.6 is 0 Å². The lowest BCUT2D eigenvalue weighted by Gasteiger charge is -2.46. The molecule has 55 heavy (non-hydrogen) atoms. The van der Waals surface area contributed by atoms with Crippen molar-refractivity contribution in [3.63, 3.8) is 0 Å². The number of aliphatic hydroxyl groups is 12. The Hall–Kier alpha value is -0.840. The minimum absolute atomic E-state index is 0.0332. The van der Waals surface area contributed by atoms with Gasteiger partial charge >= 0.3 is 0 Å². The third kappa shape index (κ3) is 12.8. The van der Waals surface area contributed by atoms with Crippen LogP contribution in [0.3, 0.4) is 0 Å². The molecule has 0 aromatic carbocycles. The first-order valence-electron chi connectivity index (χ1n) is 19.1. The van der Waals surface area contributed by atoms with Crippen LogP contribution in [-0.2, 0) is 37.9 Å². The van der Waals surface area contributed by atoms with E-state index < -0.39 is 130 Å². The fraction of sp³-hybridized carbons (Fsp3) is 1.00. The lowest BCUT2D eigenvalue weighted by Crippen LogP contribution is -2.65. The predicted octanol–water partition coefficient (Wildman–Crippen LogP) is -5.79. The van der Waals surface area contributed by atoms with Gasteiger partial charge in [0.05, 0.1) is 45.7 Å². The molecule has 4 fully saturated rings. The summed E-state index contributed by atoms with van der Waals surface area (Å²) in [6, 6.07) is 0. The van der Waals surface area contributed by atoms with Crippen LogP contribution in [0.5, 0.6) is 0 Å². The molecule has 4 rings (SSSR count). The van der Waals surface area contributed by atoms with Gasteiger partial charge in [-0.3, -0.25) is 4.90 Å². The Morgan fingerprint density at radius 3 is 1.69 bits per heavy atom. The molecule has 21 nitrogen and oxygen atoms in total. The zero-order valence-corrected chi connectivity index (χ0v) is 31.1. The Morgan fingerprint density at radius 2 is 1.09 bits per heavy atom. The molecule has 0 spiro atoms. The van der Waals surface area contributed by atoms with Gasteiger partial charge in [0.25, 0.3) is 0 Å². The fourth-order valence-electron chi connectivity index (χ4n) is 6.87. The first-order chi connectivity index (χ1) is 26.3. The van der Waals surface area contributed by atoms with E-state index in [4.69, 9.17) is 37.9 Å². The first-order valence-corrected chi connectivity index (χ1v) is 19.1. The number of ether oxygens (including phenoxy) is 8. The van der Waals surface area contributed by atoms with Crippen LogP contribution in [0.1, 0.15) is 45.4 Å². The van der Waals surface area contributed by atoms with Gasteiger partial charge in [0.15, 0.2) is 25.2 Å². The minimum Gasteiger partial charge on any atom is -0.394 e. The molecular weight excluding hydrogens is 742 g/mol. The number of unbranched alkanes of at least 4 members (excludes halogenated alkanes) is 4. The van der Waals surface area contributed by atoms with Crippen molar-refractivity contribution < 1.29 is 99.2 Å². The van der Waals surface area contributed by atoms with Gasteiger partial charge in [-0.25, -0.2) is 0 Å². The van der Waals surface area contributed by atoms with Crippen molar-refractivity contribution in [1.82, 2.24) is 4.90 Å². The van der Waals surface area contributed by atoms with Crippen LogP contribution in [0.25, 0.3) is 0 Å². The van der Waals surface area contributed by atoms with Crippen LogP contribution in [-0.4, -0.2) is 236 Å². The average molecular weight is 806 g/mol. The van der Waals surface area contributed by atoms with Crippen molar-refractivity contribution >= 4 is 0 Å². The van der Waals surface area contributed by atoms with E-state index in [-0.39, 0.29) is 26.2 Å². The van der Waals surface area contributed by atoms with Crippen molar-refractivity contribution in [2.24, 2.45) is 0 Å². The second kappa shape index (κ2) is 23.1. The van der Waals surface area contributed by atoms with Gasteiger partial charge in [0, 0.05) is 19.5 Å². The summed E-state index contributed by atoms with van der Waals surface area (Å²) in [6.45, 7) is 1.64. The molecule has 10 unspecified atom stereocenters. The minimum atomic E-state index is -1.87. The van der Waals surface area contributed by atoms with Gasteiger partial charge in [-0.05, 0) is 13.0 Å². The summed E-state index contributed by atoms with van der Waals surface area (Å²) in [5.41, 5.74) is 0. The van der Waals surface area contributed by atoms with Crippen molar-refractivity contribution in [1.29, 1.82) is 0 Å². The predicted molar refractivity (Wildman–Crippen MR) is 183 cm³/mol. The van der Waals surface area contributed by atoms with Gasteiger partial charge in [-0.2, -0.15) is 0 Å². The molecule has 0 aromatic rings. The molecule has 0 radical (unpaired) electrons. The van der Waals surface area contributed by atoms with Crippen molar-refractivity contribution in [3.05, 3.63) is 0 Å². The van der Waals surface area contributed by atoms with E-state index in [1.165, 1.54) is 0 Å². The number of nitrogens with zero attached hydrogens (tertiary/aromatic N) is 1. The van der Waals surface area contributed by atoms with Gasteiger partial charge in [0.1, 0.15) is 79.4 Å². The summed E-state index contributed by atoms with van der Waals surface area (Å²) < 4.78 is 45.2. The molecule has 0 saturated carbocycles. The van der Waals surface area contributed by atoms with Crippen LogP contribution in [0.2, 0.25) is 0 Å². The largest absolute Gasteiger partial charge is 0.394 e. The van der Waals surface area contributed by atoms with Gasteiger partial charge < -0.3 is 99.2 Å². The molecule has 0 bridgehead atoms. The first kappa shape index (κ1) is 46.8. The van der Waals surface area contributed by atoms with E-state index >= 15 is 0 Å². The summed E-state index contributed by atoms with van der Waals surface area (Å²) >= 11 is 0. The summed E-state index contributed by atoms with van der Waals surface area (Å²) in [4.78, 5) is 2.04. The summed E-state index contributed by atoms with van der Waals surface area (Å²) in [7, 11) is 0. The van der Waals surface area contributed by atoms with Crippen molar-refractivity contribution in [2.75, 3.05) is 59.3 Å². The molecule has 0 aliphatic carbocycles. The third-order valence-corrected chi connectivity index (χ3v) is 10.3. The lowest BCUT2D eigenvalue weighted by molar-refractivity contribution is -0.366. The summed E-state index contributed by atoms with van der Waals surface area (Å²) in [5.74, 6) is 0. The van der Waals surface area contributed by atoms with Gasteiger partial charge in [-0.1, -0.05) is 32.6 Å². The molecule has 0 amide bonds. The zero-order chi connectivity index (χ0) is 40.2. The molecule has 4 aliphatic heterocycles. The smallest absolute Gasteiger partial charge is 0.187 e. The molecule has 4 heterocycles. The quantitative estimate of drug-likeness (QED) is 0.0481. The zero-order valence-electron chi connectivity index (χ0n) is 31.1. The van der Waals surface area contributed by atoms with Crippen LogP contribution in [0.15, 0.2) is 0 Å². The Kier molecular flexibility index (Phi) is 19.7. The van der Waals surface area contributed by atoms with Crippen molar-refractivity contribution in [2.45, 2.75) is 156 Å². The van der Waals surface area contributed by atoms with Gasteiger partial charge in [0.2, 0.25) is 0 Å². The highest BCUT2D eigenvalue weighted by molar-refractivity contribution is 4.95. The second-order valence-corrected chi connectivity index (χ2v) is 14.5. The third-order valence-electron chi connectivity index (χ3n) is 10.3. The van der Waals surface area contributed by atoms with E-state index in [9.17, 15) is 61.3 Å². The summed E-state index contributed by atoms with van der Waals surface area (Å²) in [5, 5.41) is 124. The normalized spacial score (nSPS) is 42.9. The van der Waals surface area contributed by atoms with Gasteiger partial charge in [-0.15, -0.1) is 0 Å². The molecular formula is C34H63NO20. The maximum absolute atomic E-state index is 11.4. The van der Waals surface area contributed by atoms with E-state index in [1.807, 2.05) is 4.90 Å².